The first-order valence-electron chi connectivity index (χ1n) is 6.83. The number of amidine groups is 3. The molecule has 116 valence electrons. The number of nitrogen functional groups attached to an aromatic ring is 3. The summed E-state index contributed by atoms with van der Waals surface area (Å²) in [6.45, 7) is 0. The minimum atomic E-state index is -0.0754. The van der Waals surface area contributed by atoms with Crippen LogP contribution < -0.4 is 17.2 Å². The van der Waals surface area contributed by atoms with Crippen LogP contribution in [0.1, 0.15) is 27.8 Å². The third kappa shape index (κ3) is 4.04. The zero-order chi connectivity index (χ0) is 17.0. The third-order valence-electron chi connectivity index (χ3n) is 3.27. The zero-order valence-electron chi connectivity index (χ0n) is 12.4. The minimum absolute atomic E-state index is 0.0285. The maximum atomic E-state index is 7.54. The molecule has 0 heterocycles. The van der Waals surface area contributed by atoms with Crippen molar-refractivity contribution in [2.24, 2.45) is 17.2 Å². The predicted octanol–water partition coefficient (Wildman–Crippen LogP) is 1.71. The third-order valence-corrected chi connectivity index (χ3v) is 3.27. The maximum Gasteiger partial charge on any atom is 0.122 e. The average Bonchev–Trinajstić information content (AvgIpc) is 2.52. The fourth-order valence-electron chi connectivity index (χ4n) is 2.03. The Morgan fingerprint density at radius 3 is 1.48 bits per heavy atom. The SMILES string of the molecule is N=C(N)c1ccc(C=Cc2cc(C(=N)N)cc(C(=N)N)c2)cc1. The van der Waals surface area contributed by atoms with Gasteiger partial charge < -0.3 is 17.2 Å². The molecule has 0 radical (unpaired) electrons. The van der Waals surface area contributed by atoms with Gasteiger partial charge in [0.2, 0.25) is 0 Å². The van der Waals surface area contributed by atoms with Crippen molar-refractivity contribution < 1.29 is 0 Å². The lowest BCUT2D eigenvalue weighted by atomic mass is 10.0. The van der Waals surface area contributed by atoms with Gasteiger partial charge in [0.25, 0.3) is 0 Å². The zero-order valence-corrected chi connectivity index (χ0v) is 12.4. The molecule has 9 N–H and O–H groups in total. The Labute approximate surface area is 134 Å². The van der Waals surface area contributed by atoms with Crippen LogP contribution in [0.4, 0.5) is 0 Å². The topological polar surface area (TPSA) is 150 Å². The van der Waals surface area contributed by atoms with E-state index in [0.717, 1.165) is 11.1 Å². The molecule has 0 saturated heterocycles. The monoisotopic (exact) mass is 306 g/mol. The van der Waals surface area contributed by atoms with Crippen molar-refractivity contribution in [1.82, 2.24) is 0 Å². The van der Waals surface area contributed by atoms with Crippen LogP contribution in [0.2, 0.25) is 0 Å². The molecule has 23 heavy (non-hydrogen) atoms. The van der Waals surface area contributed by atoms with E-state index in [4.69, 9.17) is 33.4 Å². The maximum absolute atomic E-state index is 7.54. The second-order valence-corrected chi connectivity index (χ2v) is 5.04. The van der Waals surface area contributed by atoms with Crippen LogP contribution >= 0.6 is 0 Å². The predicted molar refractivity (Wildman–Crippen MR) is 94.9 cm³/mol. The van der Waals surface area contributed by atoms with Crippen LogP contribution in [-0.4, -0.2) is 17.5 Å². The molecule has 0 aliphatic heterocycles. The van der Waals surface area contributed by atoms with Crippen LogP contribution in [0, 0.1) is 16.2 Å². The molecule has 0 atom stereocenters. The van der Waals surface area contributed by atoms with E-state index >= 15 is 0 Å². The molecular weight excluding hydrogens is 288 g/mol. The summed E-state index contributed by atoms with van der Waals surface area (Å²) < 4.78 is 0. The Balaban J connectivity index is 2.32. The molecule has 2 aromatic carbocycles. The Hall–Kier alpha value is -3.41. The van der Waals surface area contributed by atoms with E-state index in [2.05, 4.69) is 0 Å². The molecule has 6 nitrogen and oxygen atoms in total. The highest BCUT2D eigenvalue weighted by molar-refractivity contribution is 6.01. The lowest BCUT2D eigenvalue weighted by Gasteiger charge is -2.05. The highest BCUT2D eigenvalue weighted by Gasteiger charge is 2.04. The van der Waals surface area contributed by atoms with E-state index in [0.29, 0.717) is 16.7 Å². The summed E-state index contributed by atoms with van der Waals surface area (Å²) in [6.07, 6.45) is 3.73. The standard InChI is InChI=1S/C17H18N6/c18-15(19)12-5-3-10(4-6-12)1-2-11-7-13(16(20)21)9-14(8-11)17(22)23/h1-9H,(H3,18,19)(H3,20,21)(H3,22,23). The molecule has 0 aliphatic carbocycles. The molecule has 6 heteroatoms. The van der Waals surface area contributed by atoms with E-state index in [1.165, 1.54) is 0 Å². The molecule has 0 saturated carbocycles. The van der Waals surface area contributed by atoms with Crippen molar-refractivity contribution in [3.05, 3.63) is 70.3 Å². The van der Waals surface area contributed by atoms with E-state index < -0.39 is 0 Å². The van der Waals surface area contributed by atoms with Gasteiger partial charge in [-0.05, 0) is 29.3 Å². The van der Waals surface area contributed by atoms with Crippen LogP contribution in [0.5, 0.6) is 0 Å². The van der Waals surface area contributed by atoms with Crippen molar-refractivity contribution in [3.63, 3.8) is 0 Å². The first kappa shape index (κ1) is 16.0. The van der Waals surface area contributed by atoms with E-state index in [1.54, 1.807) is 30.3 Å². The van der Waals surface area contributed by atoms with Crippen molar-refractivity contribution in [2.45, 2.75) is 0 Å². The smallest absolute Gasteiger partial charge is 0.122 e. The Morgan fingerprint density at radius 1 is 0.609 bits per heavy atom. The molecule has 0 unspecified atom stereocenters. The van der Waals surface area contributed by atoms with Gasteiger partial charge in [-0.15, -0.1) is 0 Å². The Kier molecular flexibility index (Phi) is 4.56. The van der Waals surface area contributed by atoms with Crippen LogP contribution in [0.15, 0.2) is 42.5 Å². The molecular formula is C17H18N6. The molecule has 2 rings (SSSR count). The van der Waals surface area contributed by atoms with Crippen LogP contribution in [0.3, 0.4) is 0 Å². The lowest BCUT2D eigenvalue weighted by Crippen LogP contribution is -2.15. The number of nitrogens with one attached hydrogen (secondary N) is 3. The average molecular weight is 306 g/mol. The molecule has 0 spiro atoms. The van der Waals surface area contributed by atoms with E-state index in [9.17, 15) is 0 Å². The van der Waals surface area contributed by atoms with Crippen LogP contribution in [-0.2, 0) is 0 Å². The largest absolute Gasteiger partial charge is 0.384 e. The van der Waals surface area contributed by atoms with Crippen LogP contribution in [0.25, 0.3) is 12.2 Å². The summed E-state index contributed by atoms with van der Waals surface area (Å²) in [5.74, 6) is -0.122. The fourth-order valence-corrected chi connectivity index (χ4v) is 2.03. The van der Waals surface area contributed by atoms with Gasteiger partial charge in [-0.1, -0.05) is 36.4 Å². The molecule has 0 bridgehead atoms. The summed E-state index contributed by atoms with van der Waals surface area (Å²) in [4.78, 5) is 0. The van der Waals surface area contributed by atoms with Gasteiger partial charge in [0.05, 0.1) is 0 Å². The molecule has 0 aromatic heterocycles. The van der Waals surface area contributed by atoms with Gasteiger partial charge in [-0.25, -0.2) is 0 Å². The summed E-state index contributed by atoms with van der Waals surface area (Å²) in [5, 5.41) is 22.4. The summed E-state index contributed by atoms with van der Waals surface area (Å²) >= 11 is 0. The van der Waals surface area contributed by atoms with Gasteiger partial charge in [0, 0.05) is 16.7 Å². The van der Waals surface area contributed by atoms with Gasteiger partial charge in [0.15, 0.2) is 0 Å². The second kappa shape index (κ2) is 6.57. The molecule has 0 fully saturated rings. The number of hydrogen-bond acceptors (Lipinski definition) is 3. The lowest BCUT2D eigenvalue weighted by molar-refractivity contribution is 1.39. The Bertz CT molecular complexity index is 770. The summed E-state index contributed by atoms with van der Waals surface area (Å²) in [7, 11) is 0. The first-order chi connectivity index (χ1) is 10.9. The summed E-state index contributed by atoms with van der Waals surface area (Å²) in [6, 6.07) is 12.4. The highest BCUT2D eigenvalue weighted by atomic mass is 14.7. The fraction of sp³-hybridized carbons (Fsp3) is 0. The van der Waals surface area contributed by atoms with Crippen molar-refractivity contribution >= 4 is 29.7 Å². The van der Waals surface area contributed by atoms with Gasteiger partial charge in [-0.3, -0.25) is 16.2 Å². The number of nitrogens with two attached hydrogens (primary N) is 3. The van der Waals surface area contributed by atoms with Crippen molar-refractivity contribution in [2.75, 3.05) is 0 Å². The quantitative estimate of drug-likeness (QED) is 0.283. The highest BCUT2D eigenvalue weighted by Crippen LogP contribution is 2.14. The van der Waals surface area contributed by atoms with Gasteiger partial charge in [-0.2, -0.15) is 0 Å². The van der Waals surface area contributed by atoms with Crippen molar-refractivity contribution in [1.29, 1.82) is 16.2 Å². The Morgan fingerprint density at radius 2 is 1.04 bits per heavy atom. The van der Waals surface area contributed by atoms with E-state index in [-0.39, 0.29) is 17.5 Å². The number of benzene rings is 2. The number of rotatable bonds is 5. The second-order valence-electron chi connectivity index (χ2n) is 5.04. The number of hydrogen-bond donors (Lipinski definition) is 6. The van der Waals surface area contributed by atoms with Gasteiger partial charge >= 0.3 is 0 Å². The minimum Gasteiger partial charge on any atom is -0.384 e. The molecule has 2 aromatic rings. The van der Waals surface area contributed by atoms with Gasteiger partial charge in [0.1, 0.15) is 17.5 Å². The van der Waals surface area contributed by atoms with E-state index in [1.807, 2.05) is 24.3 Å². The normalized spacial score (nSPS) is 10.6. The van der Waals surface area contributed by atoms with Crippen molar-refractivity contribution in [3.8, 4) is 0 Å². The molecule has 0 aliphatic rings. The summed E-state index contributed by atoms with van der Waals surface area (Å²) in [5.41, 5.74) is 19.9. The first-order valence-corrected chi connectivity index (χ1v) is 6.83. The molecule has 0 amide bonds.